The number of carbonyl (C=O) groups is 1. The van der Waals surface area contributed by atoms with Crippen molar-refractivity contribution in [1.29, 1.82) is 0 Å². The maximum atomic E-state index is 13.1. The first-order chi connectivity index (χ1) is 14.7. The third-order valence-corrected chi connectivity index (χ3v) is 4.56. The molecule has 0 saturated heterocycles. The predicted molar refractivity (Wildman–Crippen MR) is 114 cm³/mol. The Balaban J connectivity index is 1.82. The largest absolute Gasteiger partial charge is 0.497 e. The Morgan fingerprint density at radius 2 is 1.83 bits per heavy atom. The average Bonchev–Trinajstić information content (AvgIpc) is 3.25. The van der Waals surface area contributed by atoms with Gasteiger partial charge in [0.15, 0.2) is 0 Å². The number of nitrogens with one attached hydrogen (secondary N) is 1. The molecule has 0 unspecified atom stereocenters. The Bertz CT molecular complexity index is 1160. The Kier molecular flexibility index (Phi) is 5.43. The van der Waals surface area contributed by atoms with Gasteiger partial charge in [0.2, 0.25) is 0 Å². The fourth-order valence-corrected chi connectivity index (χ4v) is 3.08. The highest BCUT2D eigenvalue weighted by atomic mass is 16.5. The minimum absolute atomic E-state index is 0.293. The summed E-state index contributed by atoms with van der Waals surface area (Å²) < 4.78 is 12.5. The van der Waals surface area contributed by atoms with E-state index in [2.05, 4.69) is 10.3 Å². The highest BCUT2D eigenvalue weighted by molar-refractivity contribution is 6.08. The summed E-state index contributed by atoms with van der Waals surface area (Å²) in [5.41, 5.74) is 3.03. The molecule has 1 N–H and O–H groups in total. The second-order valence-electron chi connectivity index (χ2n) is 6.43. The smallest absolute Gasteiger partial charge is 0.259 e. The molecule has 2 aromatic heterocycles. The van der Waals surface area contributed by atoms with E-state index >= 15 is 0 Å². The first-order valence-electron chi connectivity index (χ1n) is 9.28. The normalized spacial score (nSPS) is 10.5. The molecular formula is C23H20N4O3. The summed E-state index contributed by atoms with van der Waals surface area (Å²) in [4.78, 5) is 17.2. The molecule has 2 heterocycles. The van der Waals surface area contributed by atoms with Crippen molar-refractivity contribution >= 4 is 11.6 Å². The van der Waals surface area contributed by atoms with Gasteiger partial charge in [0.25, 0.3) is 5.91 Å². The SMILES string of the molecule is COc1ccc(-c2nn(-c3ccccc3)cc2C(=O)Nc2cccnc2)c(OC)c1. The number of anilines is 1. The Morgan fingerprint density at radius 3 is 2.53 bits per heavy atom. The molecule has 4 aromatic rings. The first kappa shape index (κ1) is 19.2. The fraction of sp³-hybridized carbons (Fsp3) is 0.0870. The summed E-state index contributed by atoms with van der Waals surface area (Å²) in [7, 11) is 3.16. The molecule has 0 atom stereocenters. The van der Waals surface area contributed by atoms with Crippen molar-refractivity contribution in [3.8, 4) is 28.4 Å². The highest BCUT2D eigenvalue weighted by Gasteiger charge is 2.22. The minimum atomic E-state index is -0.293. The lowest BCUT2D eigenvalue weighted by Gasteiger charge is -2.10. The van der Waals surface area contributed by atoms with Crippen LogP contribution >= 0.6 is 0 Å². The molecule has 0 radical (unpaired) electrons. The van der Waals surface area contributed by atoms with Crippen LogP contribution in [0, 0.1) is 0 Å². The number of pyridine rings is 1. The molecule has 30 heavy (non-hydrogen) atoms. The van der Waals surface area contributed by atoms with Gasteiger partial charge in [-0.3, -0.25) is 9.78 Å². The van der Waals surface area contributed by atoms with Gasteiger partial charge in [-0.2, -0.15) is 5.10 Å². The number of methoxy groups -OCH3 is 2. The molecule has 0 fully saturated rings. The van der Waals surface area contributed by atoms with E-state index < -0.39 is 0 Å². The number of benzene rings is 2. The monoisotopic (exact) mass is 400 g/mol. The lowest BCUT2D eigenvalue weighted by Crippen LogP contribution is -2.12. The number of rotatable bonds is 6. The third kappa shape index (κ3) is 3.86. The van der Waals surface area contributed by atoms with E-state index in [4.69, 9.17) is 14.6 Å². The summed E-state index contributed by atoms with van der Waals surface area (Å²) >= 11 is 0. The zero-order valence-electron chi connectivity index (χ0n) is 16.6. The second-order valence-corrected chi connectivity index (χ2v) is 6.43. The van der Waals surface area contributed by atoms with Crippen LogP contribution in [0.4, 0.5) is 5.69 Å². The van der Waals surface area contributed by atoms with Crippen molar-refractivity contribution in [2.45, 2.75) is 0 Å². The van der Waals surface area contributed by atoms with E-state index in [1.165, 1.54) is 0 Å². The molecule has 0 aliphatic carbocycles. The fourth-order valence-electron chi connectivity index (χ4n) is 3.08. The highest BCUT2D eigenvalue weighted by Crippen LogP contribution is 2.35. The van der Waals surface area contributed by atoms with Crippen molar-refractivity contribution < 1.29 is 14.3 Å². The molecule has 7 heteroatoms. The number of ether oxygens (including phenoxy) is 2. The summed E-state index contributed by atoms with van der Waals surface area (Å²) in [6.07, 6.45) is 4.95. The van der Waals surface area contributed by atoms with Crippen LogP contribution in [0.3, 0.4) is 0 Å². The van der Waals surface area contributed by atoms with E-state index in [9.17, 15) is 4.79 Å². The van der Waals surface area contributed by atoms with E-state index in [1.54, 1.807) is 55.7 Å². The van der Waals surface area contributed by atoms with Crippen molar-refractivity contribution in [3.63, 3.8) is 0 Å². The van der Waals surface area contributed by atoms with Crippen LogP contribution < -0.4 is 14.8 Å². The van der Waals surface area contributed by atoms with Gasteiger partial charge in [0, 0.05) is 24.0 Å². The number of aromatic nitrogens is 3. The molecule has 0 aliphatic heterocycles. The van der Waals surface area contributed by atoms with Crippen LogP contribution in [0.1, 0.15) is 10.4 Å². The number of hydrogen-bond donors (Lipinski definition) is 1. The minimum Gasteiger partial charge on any atom is -0.497 e. The molecule has 0 bridgehead atoms. The number of hydrogen-bond acceptors (Lipinski definition) is 5. The average molecular weight is 400 g/mol. The standard InChI is InChI=1S/C23H20N4O3/c1-29-18-10-11-19(21(13-18)30-2)22-20(23(28)25-16-7-6-12-24-14-16)15-27(26-22)17-8-4-3-5-9-17/h3-15H,1-2H3,(H,25,28). The molecule has 0 aliphatic rings. The van der Waals surface area contributed by atoms with Gasteiger partial charge in [-0.25, -0.2) is 4.68 Å². The molecule has 7 nitrogen and oxygen atoms in total. The molecule has 2 aromatic carbocycles. The molecule has 4 rings (SSSR count). The van der Waals surface area contributed by atoms with Crippen LogP contribution in [0.15, 0.2) is 79.3 Å². The summed E-state index contributed by atoms with van der Waals surface area (Å²) in [5.74, 6) is 0.917. The molecule has 0 saturated carbocycles. The number of carbonyl (C=O) groups excluding carboxylic acids is 1. The lowest BCUT2D eigenvalue weighted by molar-refractivity contribution is 0.102. The van der Waals surface area contributed by atoms with Crippen LogP contribution in [0.5, 0.6) is 11.5 Å². The maximum absolute atomic E-state index is 13.1. The zero-order chi connectivity index (χ0) is 20.9. The van der Waals surface area contributed by atoms with Crippen molar-refractivity contribution in [3.05, 3.63) is 84.8 Å². The van der Waals surface area contributed by atoms with Gasteiger partial charge in [-0.1, -0.05) is 18.2 Å². The third-order valence-electron chi connectivity index (χ3n) is 4.56. The number of amides is 1. The van der Waals surface area contributed by atoms with Gasteiger partial charge in [-0.15, -0.1) is 0 Å². The van der Waals surface area contributed by atoms with Crippen LogP contribution in [-0.4, -0.2) is 34.9 Å². The zero-order valence-corrected chi connectivity index (χ0v) is 16.6. The van der Waals surface area contributed by atoms with Crippen LogP contribution in [-0.2, 0) is 0 Å². The van der Waals surface area contributed by atoms with Crippen LogP contribution in [0.25, 0.3) is 16.9 Å². The lowest BCUT2D eigenvalue weighted by atomic mass is 10.1. The van der Waals surface area contributed by atoms with E-state index in [1.807, 2.05) is 42.5 Å². The maximum Gasteiger partial charge on any atom is 0.259 e. The summed E-state index contributed by atoms with van der Waals surface area (Å²) in [6, 6.07) is 18.5. The quantitative estimate of drug-likeness (QED) is 0.525. The van der Waals surface area contributed by atoms with Gasteiger partial charge < -0.3 is 14.8 Å². The summed E-state index contributed by atoms with van der Waals surface area (Å²) in [5, 5.41) is 7.57. The van der Waals surface area contributed by atoms with Crippen molar-refractivity contribution in [1.82, 2.24) is 14.8 Å². The number of para-hydroxylation sites is 1. The molecule has 0 spiro atoms. The second kappa shape index (κ2) is 8.48. The Morgan fingerprint density at radius 1 is 1.00 bits per heavy atom. The molecular weight excluding hydrogens is 380 g/mol. The first-order valence-corrected chi connectivity index (χ1v) is 9.28. The summed E-state index contributed by atoms with van der Waals surface area (Å²) in [6.45, 7) is 0. The van der Waals surface area contributed by atoms with Gasteiger partial charge in [0.05, 0.1) is 37.4 Å². The Hall–Kier alpha value is -4.13. The molecule has 1 amide bonds. The van der Waals surface area contributed by atoms with E-state index in [-0.39, 0.29) is 5.91 Å². The van der Waals surface area contributed by atoms with E-state index in [0.29, 0.717) is 34.0 Å². The van der Waals surface area contributed by atoms with Gasteiger partial charge >= 0.3 is 0 Å². The van der Waals surface area contributed by atoms with Crippen LogP contribution in [0.2, 0.25) is 0 Å². The Labute approximate surface area is 173 Å². The van der Waals surface area contributed by atoms with Crippen molar-refractivity contribution in [2.75, 3.05) is 19.5 Å². The van der Waals surface area contributed by atoms with Gasteiger partial charge in [0.1, 0.15) is 17.2 Å². The van der Waals surface area contributed by atoms with Gasteiger partial charge in [-0.05, 0) is 36.4 Å². The van der Waals surface area contributed by atoms with Crippen molar-refractivity contribution in [2.24, 2.45) is 0 Å². The van der Waals surface area contributed by atoms with E-state index in [0.717, 1.165) is 5.69 Å². The predicted octanol–water partition coefficient (Wildman–Crippen LogP) is 4.20. The molecule has 150 valence electrons. The topological polar surface area (TPSA) is 78.3 Å². The number of nitrogens with zero attached hydrogens (tertiary/aromatic N) is 3.